The SMILES string of the molecule is CC[C@H](C)NS(=O)(=O)c1ccc(C(=O)NCC(=O)NC2CC2)cc1. The van der Waals surface area contributed by atoms with Crippen LogP contribution in [0.2, 0.25) is 0 Å². The molecule has 0 saturated heterocycles. The van der Waals surface area contributed by atoms with E-state index in [-0.39, 0.29) is 29.4 Å². The summed E-state index contributed by atoms with van der Waals surface area (Å²) in [6.07, 6.45) is 2.66. The molecule has 2 rings (SSSR count). The lowest BCUT2D eigenvalue weighted by molar-refractivity contribution is -0.120. The summed E-state index contributed by atoms with van der Waals surface area (Å²) in [7, 11) is -3.59. The summed E-state index contributed by atoms with van der Waals surface area (Å²) in [5.41, 5.74) is 0.303. The molecule has 0 heterocycles. The molecule has 132 valence electrons. The molecule has 1 saturated carbocycles. The lowest BCUT2D eigenvalue weighted by atomic mass is 10.2. The van der Waals surface area contributed by atoms with Crippen molar-refractivity contribution in [2.45, 2.75) is 50.1 Å². The van der Waals surface area contributed by atoms with E-state index in [1.807, 2.05) is 6.92 Å². The molecule has 3 N–H and O–H groups in total. The van der Waals surface area contributed by atoms with Crippen molar-refractivity contribution in [3.63, 3.8) is 0 Å². The average molecular weight is 353 g/mol. The lowest BCUT2D eigenvalue weighted by Crippen LogP contribution is -2.37. The minimum Gasteiger partial charge on any atom is -0.352 e. The minimum absolute atomic E-state index is 0.0923. The van der Waals surface area contributed by atoms with Gasteiger partial charge in [0.2, 0.25) is 15.9 Å². The topological polar surface area (TPSA) is 104 Å². The van der Waals surface area contributed by atoms with Gasteiger partial charge in [-0.25, -0.2) is 13.1 Å². The van der Waals surface area contributed by atoms with E-state index in [0.29, 0.717) is 12.0 Å². The Morgan fingerprint density at radius 3 is 2.38 bits per heavy atom. The van der Waals surface area contributed by atoms with Crippen molar-refractivity contribution in [2.75, 3.05) is 6.54 Å². The van der Waals surface area contributed by atoms with Crippen LogP contribution in [0.1, 0.15) is 43.5 Å². The Morgan fingerprint density at radius 1 is 1.21 bits per heavy atom. The summed E-state index contributed by atoms with van der Waals surface area (Å²) in [6.45, 7) is 3.58. The molecule has 2 amide bonds. The van der Waals surface area contributed by atoms with Gasteiger partial charge in [0.1, 0.15) is 0 Å². The maximum absolute atomic E-state index is 12.1. The lowest BCUT2D eigenvalue weighted by Gasteiger charge is -2.12. The summed E-state index contributed by atoms with van der Waals surface area (Å²) in [5.74, 6) is -0.636. The van der Waals surface area contributed by atoms with Crippen LogP contribution < -0.4 is 15.4 Å². The first kappa shape index (κ1) is 18.4. The van der Waals surface area contributed by atoms with E-state index in [2.05, 4.69) is 15.4 Å². The molecule has 0 bridgehead atoms. The predicted octanol–water partition coefficient (Wildman–Crippen LogP) is 0.772. The van der Waals surface area contributed by atoms with Crippen LogP contribution in [0.25, 0.3) is 0 Å². The maximum Gasteiger partial charge on any atom is 0.251 e. The molecule has 0 spiro atoms. The minimum atomic E-state index is -3.59. The van der Waals surface area contributed by atoms with Gasteiger partial charge in [-0.1, -0.05) is 6.92 Å². The molecular formula is C16H23N3O4S. The average Bonchev–Trinajstić information content (AvgIpc) is 3.36. The van der Waals surface area contributed by atoms with Gasteiger partial charge in [0.05, 0.1) is 11.4 Å². The van der Waals surface area contributed by atoms with Crippen molar-refractivity contribution in [3.05, 3.63) is 29.8 Å². The number of carbonyl (C=O) groups excluding carboxylic acids is 2. The van der Waals surface area contributed by atoms with Gasteiger partial charge in [0, 0.05) is 17.6 Å². The standard InChI is InChI=1S/C16H23N3O4S/c1-3-11(2)19-24(22,23)14-8-4-12(5-9-14)16(21)17-10-15(20)18-13-6-7-13/h4-5,8-9,11,13,19H,3,6-7,10H2,1-2H3,(H,17,21)(H,18,20)/t11-/m0/s1. The first-order valence-corrected chi connectivity index (χ1v) is 9.50. The molecule has 0 aliphatic heterocycles. The highest BCUT2D eigenvalue weighted by atomic mass is 32.2. The fourth-order valence-electron chi connectivity index (χ4n) is 1.97. The fourth-order valence-corrected chi connectivity index (χ4v) is 3.30. The normalized spacial score (nSPS) is 15.6. The summed E-state index contributed by atoms with van der Waals surface area (Å²) >= 11 is 0. The molecule has 0 radical (unpaired) electrons. The molecule has 0 aromatic heterocycles. The molecule has 0 unspecified atom stereocenters. The molecule has 1 aliphatic rings. The van der Waals surface area contributed by atoms with Gasteiger partial charge in [-0.3, -0.25) is 9.59 Å². The summed E-state index contributed by atoms with van der Waals surface area (Å²) in [4.78, 5) is 23.6. The van der Waals surface area contributed by atoms with Crippen molar-refractivity contribution in [1.82, 2.24) is 15.4 Å². The number of carbonyl (C=O) groups is 2. The Kier molecular flexibility index (Phi) is 5.95. The zero-order valence-corrected chi connectivity index (χ0v) is 14.7. The zero-order chi connectivity index (χ0) is 17.7. The van der Waals surface area contributed by atoms with Crippen LogP contribution in [0.15, 0.2) is 29.2 Å². The number of amides is 2. The van der Waals surface area contributed by atoms with E-state index in [0.717, 1.165) is 12.8 Å². The summed E-state index contributed by atoms with van der Waals surface area (Å²) < 4.78 is 26.8. The third kappa shape index (κ3) is 5.31. The van der Waals surface area contributed by atoms with Crippen molar-refractivity contribution in [2.24, 2.45) is 0 Å². The Morgan fingerprint density at radius 2 is 1.83 bits per heavy atom. The summed E-state index contributed by atoms with van der Waals surface area (Å²) in [5, 5.41) is 5.29. The van der Waals surface area contributed by atoms with E-state index in [1.54, 1.807) is 6.92 Å². The monoisotopic (exact) mass is 353 g/mol. The van der Waals surface area contributed by atoms with Crippen molar-refractivity contribution >= 4 is 21.8 Å². The largest absolute Gasteiger partial charge is 0.352 e. The molecule has 1 aliphatic carbocycles. The third-order valence-corrected chi connectivity index (χ3v) is 5.35. The highest BCUT2D eigenvalue weighted by Gasteiger charge is 2.23. The quantitative estimate of drug-likeness (QED) is 0.642. The molecule has 1 aromatic rings. The van der Waals surface area contributed by atoms with Crippen LogP contribution >= 0.6 is 0 Å². The van der Waals surface area contributed by atoms with Gasteiger partial charge < -0.3 is 10.6 Å². The zero-order valence-electron chi connectivity index (χ0n) is 13.8. The highest BCUT2D eigenvalue weighted by Crippen LogP contribution is 2.18. The molecule has 7 nitrogen and oxygen atoms in total. The van der Waals surface area contributed by atoms with Crippen LogP contribution in [-0.2, 0) is 14.8 Å². The molecule has 1 atom stereocenters. The first-order chi connectivity index (χ1) is 11.3. The van der Waals surface area contributed by atoms with Crippen molar-refractivity contribution < 1.29 is 18.0 Å². The Balaban J connectivity index is 1.92. The first-order valence-electron chi connectivity index (χ1n) is 8.01. The Bertz CT molecular complexity index is 697. The number of nitrogens with one attached hydrogen (secondary N) is 3. The molecular weight excluding hydrogens is 330 g/mol. The van der Waals surface area contributed by atoms with Gasteiger partial charge in [-0.2, -0.15) is 0 Å². The van der Waals surface area contributed by atoms with Gasteiger partial charge >= 0.3 is 0 Å². The molecule has 1 aromatic carbocycles. The summed E-state index contributed by atoms with van der Waals surface area (Å²) in [6, 6.07) is 5.70. The number of sulfonamides is 1. The van der Waals surface area contributed by atoms with Gasteiger partial charge in [0.15, 0.2) is 0 Å². The van der Waals surface area contributed by atoms with Gasteiger partial charge in [0.25, 0.3) is 5.91 Å². The van der Waals surface area contributed by atoms with Crippen molar-refractivity contribution in [1.29, 1.82) is 0 Å². The van der Waals surface area contributed by atoms with Crippen LogP contribution in [0.3, 0.4) is 0 Å². The Labute approximate surface area is 142 Å². The number of benzene rings is 1. The van der Waals surface area contributed by atoms with Crippen molar-refractivity contribution in [3.8, 4) is 0 Å². The number of hydrogen-bond acceptors (Lipinski definition) is 4. The van der Waals surface area contributed by atoms with E-state index in [9.17, 15) is 18.0 Å². The Hall–Kier alpha value is -1.93. The second-order valence-electron chi connectivity index (χ2n) is 5.98. The third-order valence-electron chi connectivity index (χ3n) is 3.75. The van der Waals surface area contributed by atoms with E-state index < -0.39 is 15.9 Å². The van der Waals surface area contributed by atoms with E-state index >= 15 is 0 Å². The smallest absolute Gasteiger partial charge is 0.251 e. The number of rotatable bonds is 8. The van der Waals surface area contributed by atoms with Crippen LogP contribution in [0.4, 0.5) is 0 Å². The second-order valence-corrected chi connectivity index (χ2v) is 7.69. The van der Waals surface area contributed by atoms with Crippen LogP contribution in [-0.4, -0.2) is 38.9 Å². The van der Waals surface area contributed by atoms with Crippen LogP contribution in [0.5, 0.6) is 0 Å². The van der Waals surface area contributed by atoms with E-state index in [4.69, 9.17) is 0 Å². The predicted molar refractivity (Wildman–Crippen MR) is 90.0 cm³/mol. The van der Waals surface area contributed by atoms with Gasteiger partial charge in [-0.05, 0) is 50.5 Å². The fraction of sp³-hybridized carbons (Fsp3) is 0.500. The number of hydrogen-bond donors (Lipinski definition) is 3. The van der Waals surface area contributed by atoms with Crippen LogP contribution in [0, 0.1) is 0 Å². The molecule has 1 fully saturated rings. The molecule has 8 heteroatoms. The second kappa shape index (κ2) is 7.76. The highest BCUT2D eigenvalue weighted by molar-refractivity contribution is 7.89. The maximum atomic E-state index is 12.1. The van der Waals surface area contributed by atoms with E-state index in [1.165, 1.54) is 24.3 Å². The van der Waals surface area contributed by atoms with Gasteiger partial charge in [-0.15, -0.1) is 0 Å². The molecule has 24 heavy (non-hydrogen) atoms.